The maximum absolute atomic E-state index is 10.7. The number of carbonyl (C=O) groups is 1. The summed E-state index contributed by atoms with van der Waals surface area (Å²) in [5, 5.41) is 9.75. The van der Waals surface area contributed by atoms with Crippen molar-refractivity contribution in [1.29, 1.82) is 0 Å². The molecule has 2 aromatic rings. The third-order valence-electron chi connectivity index (χ3n) is 2.23. The van der Waals surface area contributed by atoms with Crippen molar-refractivity contribution in [2.45, 2.75) is 6.54 Å². The third-order valence-corrected chi connectivity index (χ3v) is 2.23. The molecule has 0 spiro atoms. The van der Waals surface area contributed by atoms with Crippen LogP contribution in [0.25, 0.3) is 10.9 Å². The zero-order valence-corrected chi connectivity index (χ0v) is 7.45. The molecule has 0 saturated heterocycles. The highest BCUT2D eigenvalue weighted by Crippen LogP contribution is 2.19. The fourth-order valence-electron chi connectivity index (χ4n) is 1.49. The number of nitrogens with two attached hydrogens (primary N) is 1. The van der Waals surface area contributed by atoms with Crippen LogP contribution in [-0.2, 0) is 6.54 Å². The number of fused-ring (bicyclic) bond motifs is 1. The van der Waals surface area contributed by atoms with E-state index in [4.69, 9.17) is 10.8 Å². The number of rotatable bonds is 2. The molecule has 0 radical (unpaired) electrons. The van der Waals surface area contributed by atoms with Gasteiger partial charge in [-0.15, -0.1) is 0 Å². The van der Waals surface area contributed by atoms with Gasteiger partial charge in [0.05, 0.1) is 5.56 Å². The molecule has 72 valence electrons. The lowest BCUT2D eigenvalue weighted by Gasteiger charge is -1.96. The zero-order valence-electron chi connectivity index (χ0n) is 7.45. The Kier molecular flexibility index (Phi) is 1.98. The van der Waals surface area contributed by atoms with Gasteiger partial charge in [-0.3, -0.25) is 0 Å². The summed E-state index contributed by atoms with van der Waals surface area (Å²) >= 11 is 0. The molecule has 0 saturated carbocycles. The second-order valence-electron chi connectivity index (χ2n) is 3.08. The van der Waals surface area contributed by atoms with Crippen molar-refractivity contribution in [2.24, 2.45) is 5.73 Å². The lowest BCUT2D eigenvalue weighted by atomic mass is 10.1. The third kappa shape index (κ3) is 1.25. The number of carboxylic acids is 1. The molecule has 14 heavy (non-hydrogen) atoms. The summed E-state index contributed by atoms with van der Waals surface area (Å²) in [6, 6.07) is 4.96. The summed E-state index contributed by atoms with van der Waals surface area (Å²) in [6.45, 7) is 0.451. The van der Waals surface area contributed by atoms with E-state index in [0.717, 1.165) is 16.5 Å². The summed E-state index contributed by atoms with van der Waals surface area (Å²) in [6.07, 6.45) is 1.80. The number of carboxylic acid groups (broad SMARTS) is 1. The Bertz CT molecular complexity index is 488. The van der Waals surface area contributed by atoms with Crippen molar-refractivity contribution in [3.63, 3.8) is 0 Å². The first kappa shape index (κ1) is 8.77. The van der Waals surface area contributed by atoms with E-state index in [1.165, 1.54) is 0 Å². The van der Waals surface area contributed by atoms with Crippen LogP contribution in [0, 0.1) is 0 Å². The van der Waals surface area contributed by atoms with E-state index in [0.29, 0.717) is 6.54 Å². The molecule has 0 bridgehead atoms. The zero-order chi connectivity index (χ0) is 10.1. The maximum Gasteiger partial charge on any atom is 0.335 e. The van der Waals surface area contributed by atoms with Crippen molar-refractivity contribution in [2.75, 3.05) is 0 Å². The first-order valence-corrected chi connectivity index (χ1v) is 4.25. The molecule has 0 unspecified atom stereocenters. The van der Waals surface area contributed by atoms with Crippen LogP contribution in [0.3, 0.4) is 0 Å². The lowest BCUT2D eigenvalue weighted by molar-refractivity contribution is 0.0697. The first-order chi connectivity index (χ1) is 6.72. The Morgan fingerprint density at radius 2 is 2.29 bits per heavy atom. The molecule has 4 N–H and O–H groups in total. The van der Waals surface area contributed by atoms with Crippen molar-refractivity contribution in [3.8, 4) is 0 Å². The minimum atomic E-state index is -0.921. The highest BCUT2D eigenvalue weighted by atomic mass is 16.4. The van der Waals surface area contributed by atoms with E-state index in [9.17, 15) is 4.79 Å². The number of aromatic amines is 1. The Morgan fingerprint density at radius 1 is 1.50 bits per heavy atom. The van der Waals surface area contributed by atoms with Gasteiger partial charge in [0.15, 0.2) is 0 Å². The second kappa shape index (κ2) is 3.16. The van der Waals surface area contributed by atoms with Gasteiger partial charge in [-0.2, -0.15) is 0 Å². The van der Waals surface area contributed by atoms with Gasteiger partial charge in [-0.25, -0.2) is 4.79 Å². The van der Waals surface area contributed by atoms with E-state index < -0.39 is 5.97 Å². The number of hydrogen-bond acceptors (Lipinski definition) is 2. The molecule has 0 aliphatic heterocycles. The Hall–Kier alpha value is -1.81. The fraction of sp³-hybridized carbons (Fsp3) is 0.100. The van der Waals surface area contributed by atoms with Crippen LogP contribution >= 0.6 is 0 Å². The fourth-order valence-corrected chi connectivity index (χ4v) is 1.49. The van der Waals surface area contributed by atoms with E-state index in [2.05, 4.69) is 4.98 Å². The second-order valence-corrected chi connectivity index (χ2v) is 3.08. The quantitative estimate of drug-likeness (QED) is 0.668. The van der Waals surface area contributed by atoms with E-state index in [1.807, 2.05) is 0 Å². The minimum absolute atomic E-state index is 0.280. The van der Waals surface area contributed by atoms with E-state index in [-0.39, 0.29) is 5.56 Å². The van der Waals surface area contributed by atoms with Gasteiger partial charge in [-0.05, 0) is 17.7 Å². The SMILES string of the molecule is NCc1c[nH]c2cc(C(=O)O)ccc12. The molecule has 0 aliphatic carbocycles. The van der Waals surface area contributed by atoms with Crippen LogP contribution in [0.2, 0.25) is 0 Å². The number of hydrogen-bond donors (Lipinski definition) is 3. The van der Waals surface area contributed by atoms with E-state index >= 15 is 0 Å². The largest absolute Gasteiger partial charge is 0.478 e. The van der Waals surface area contributed by atoms with Gasteiger partial charge < -0.3 is 15.8 Å². The number of aromatic carboxylic acids is 1. The van der Waals surface area contributed by atoms with Gasteiger partial charge >= 0.3 is 5.97 Å². The van der Waals surface area contributed by atoms with Crippen molar-refractivity contribution >= 4 is 16.9 Å². The predicted octanol–water partition coefficient (Wildman–Crippen LogP) is 1.32. The summed E-state index contributed by atoms with van der Waals surface area (Å²) < 4.78 is 0. The van der Waals surface area contributed by atoms with Gasteiger partial charge in [0, 0.05) is 23.6 Å². The predicted molar refractivity (Wildman–Crippen MR) is 53.1 cm³/mol. The average molecular weight is 190 g/mol. The van der Waals surface area contributed by atoms with Crippen LogP contribution < -0.4 is 5.73 Å². The van der Waals surface area contributed by atoms with Gasteiger partial charge in [-0.1, -0.05) is 6.07 Å². The van der Waals surface area contributed by atoms with Crippen molar-refractivity contribution < 1.29 is 9.90 Å². The summed E-state index contributed by atoms with van der Waals surface area (Å²) in [4.78, 5) is 13.7. The van der Waals surface area contributed by atoms with Crippen LogP contribution in [0.1, 0.15) is 15.9 Å². The Balaban J connectivity index is 2.63. The molecule has 1 heterocycles. The first-order valence-electron chi connectivity index (χ1n) is 4.25. The molecule has 1 aromatic carbocycles. The molecule has 0 fully saturated rings. The normalized spacial score (nSPS) is 10.6. The lowest BCUT2D eigenvalue weighted by Crippen LogP contribution is -1.96. The highest BCUT2D eigenvalue weighted by molar-refractivity contribution is 5.94. The standard InChI is InChI=1S/C10H10N2O2/c11-4-7-5-12-9-3-6(10(13)14)1-2-8(7)9/h1-3,5,12H,4,11H2,(H,13,14). The van der Waals surface area contributed by atoms with Gasteiger partial charge in [0.1, 0.15) is 0 Å². The number of H-pyrrole nitrogens is 1. The highest BCUT2D eigenvalue weighted by Gasteiger charge is 2.06. The van der Waals surface area contributed by atoms with Crippen LogP contribution in [0.15, 0.2) is 24.4 Å². The van der Waals surface area contributed by atoms with Crippen molar-refractivity contribution in [3.05, 3.63) is 35.5 Å². The molecular formula is C10H10N2O2. The Morgan fingerprint density at radius 3 is 2.93 bits per heavy atom. The van der Waals surface area contributed by atoms with Crippen molar-refractivity contribution in [1.82, 2.24) is 4.98 Å². The smallest absolute Gasteiger partial charge is 0.335 e. The Labute approximate surface area is 80.3 Å². The summed E-state index contributed by atoms with van der Waals surface area (Å²) in [5.74, 6) is -0.921. The van der Waals surface area contributed by atoms with Gasteiger partial charge in [0.25, 0.3) is 0 Å². The maximum atomic E-state index is 10.7. The summed E-state index contributed by atoms with van der Waals surface area (Å²) in [7, 11) is 0. The van der Waals surface area contributed by atoms with Crippen LogP contribution in [-0.4, -0.2) is 16.1 Å². The number of aromatic nitrogens is 1. The minimum Gasteiger partial charge on any atom is -0.478 e. The summed E-state index contributed by atoms with van der Waals surface area (Å²) in [5.41, 5.74) is 7.61. The average Bonchev–Trinajstić information content (AvgIpc) is 2.59. The molecule has 1 aromatic heterocycles. The monoisotopic (exact) mass is 190 g/mol. The van der Waals surface area contributed by atoms with Crippen LogP contribution in [0.4, 0.5) is 0 Å². The molecule has 2 rings (SSSR count). The number of benzene rings is 1. The molecule has 0 atom stereocenters. The molecular weight excluding hydrogens is 180 g/mol. The molecule has 4 nitrogen and oxygen atoms in total. The van der Waals surface area contributed by atoms with Gasteiger partial charge in [0.2, 0.25) is 0 Å². The topological polar surface area (TPSA) is 79.1 Å². The molecule has 0 amide bonds. The number of nitrogens with one attached hydrogen (secondary N) is 1. The molecule has 0 aliphatic rings. The molecule has 4 heteroatoms. The van der Waals surface area contributed by atoms with Crippen LogP contribution in [0.5, 0.6) is 0 Å². The van der Waals surface area contributed by atoms with E-state index in [1.54, 1.807) is 24.4 Å².